The first-order valence-corrected chi connectivity index (χ1v) is 8.66. The molecule has 0 heterocycles. The van der Waals surface area contributed by atoms with Crippen LogP contribution in [0.25, 0.3) is 0 Å². The molecule has 0 spiro atoms. The van der Waals surface area contributed by atoms with Gasteiger partial charge in [0.1, 0.15) is 0 Å². The highest BCUT2D eigenvalue weighted by Gasteiger charge is 2.30. The number of hydrogen-bond donors (Lipinski definition) is 0. The maximum absolute atomic E-state index is 13.8. The molecule has 0 atom stereocenters. The minimum absolute atomic E-state index is 0.0212. The van der Waals surface area contributed by atoms with Gasteiger partial charge < -0.3 is 0 Å². The van der Waals surface area contributed by atoms with Crippen LogP contribution in [0.3, 0.4) is 0 Å². The summed E-state index contributed by atoms with van der Waals surface area (Å²) >= 11 is 0. The lowest BCUT2D eigenvalue weighted by Gasteiger charge is -2.27. The van der Waals surface area contributed by atoms with Gasteiger partial charge in [-0.1, -0.05) is 65.7 Å². The van der Waals surface area contributed by atoms with Gasteiger partial charge in [0.05, 0.1) is 6.54 Å². The fourth-order valence-corrected chi connectivity index (χ4v) is 2.57. The molecule has 0 aromatic carbocycles. The summed E-state index contributed by atoms with van der Waals surface area (Å²) in [5, 5.41) is 0. The number of rotatable bonds is 14. The molecule has 0 aliphatic rings. The number of nitrogens with zero attached hydrogens (tertiary/aromatic N) is 1. The van der Waals surface area contributed by atoms with Crippen LogP contribution in [0, 0.1) is 0 Å². The SMILES string of the molecule is CCCCCCN(CCCCCC)CC(F)(F)CCC. The molecule has 0 amide bonds. The zero-order valence-corrected chi connectivity index (χ0v) is 13.9. The molecule has 3 heteroatoms. The third-order valence-electron chi connectivity index (χ3n) is 3.73. The van der Waals surface area contributed by atoms with Crippen LogP contribution >= 0.6 is 0 Å². The van der Waals surface area contributed by atoms with E-state index in [-0.39, 0.29) is 13.0 Å². The van der Waals surface area contributed by atoms with Gasteiger partial charge in [-0.3, -0.25) is 4.90 Å². The van der Waals surface area contributed by atoms with E-state index < -0.39 is 5.92 Å². The summed E-state index contributed by atoms with van der Waals surface area (Å²) in [5.74, 6) is -2.51. The van der Waals surface area contributed by atoms with Crippen molar-refractivity contribution >= 4 is 0 Å². The Balaban J connectivity index is 4.08. The summed E-state index contributed by atoms with van der Waals surface area (Å²) in [7, 11) is 0. The lowest BCUT2D eigenvalue weighted by molar-refractivity contribution is -0.0403. The van der Waals surface area contributed by atoms with Crippen molar-refractivity contribution in [3.05, 3.63) is 0 Å². The Morgan fingerprint density at radius 2 is 1.20 bits per heavy atom. The maximum atomic E-state index is 13.8. The van der Waals surface area contributed by atoms with Crippen molar-refractivity contribution in [2.45, 2.75) is 90.9 Å². The number of alkyl halides is 2. The zero-order valence-electron chi connectivity index (χ0n) is 13.9. The first-order chi connectivity index (χ1) is 9.55. The van der Waals surface area contributed by atoms with Crippen molar-refractivity contribution in [1.82, 2.24) is 4.90 Å². The average molecular weight is 291 g/mol. The van der Waals surface area contributed by atoms with Crippen LogP contribution < -0.4 is 0 Å². The number of halogens is 2. The summed E-state index contributed by atoms with van der Waals surface area (Å²) in [6.07, 6.45) is 9.87. The quantitative estimate of drug-likeness (QED) is 0.361. The van der Waals surface area contributed by atoms with E-state index in [4.69, 9.17) is 0 Å². The first-order valence-electron chi connectivity index (χ1n) is 8.66. The second-order valence-corrected chi connectivity index (χ2v) is 6.00. The monoisotopic (exact) mass is 291 g/mol. The van der Waals surface area contributed by atoms with Gasteiger partial charge in [0.25, 0.3) is 5.92 Å². The van der Waals surface area contributed by atoms with Gasteiger partial charge in [0.2, 0.25) is 0 Å². The highest BCUT2D eigenvalue weighted by molar-refractivity contribution is 4.72. The predicted molar refractivity (Wildman–Crippen MR) is 84.6 cm³/mol. The summed E-state index contributed by atoms with van der Waals surface area (Å²) in [6.45, 7) is 7.83. The molecule has 0 aliphatic carbocycles. The Labute approximate surface area is 125 Å². The molecule has 20 heavy (non-hydrogen) atoms. The third-order valence-corrected chi connectivity index (χ3v) is 3.73. The van der Waals surface area contributed by atoms with Gasteiger partial charge in [0, 0.05) is 6.42 Å². The molecule has 0 rings (SSSR count). The molecule has 0 aliphatic heterocycles. The van der Waals surface area contributed by atoms with Crippen LogP contribution in [0.1, 0.15) is 85.0 Å². The molecule has 0 bridgehead atoms. The minimum atomic E-state index is -2.51. The van der Waals surface area contributed by atoms with Crippen LogP contribution in [-0.2, 0) is 0 Å². The van der Waals surface area contributed by atoms with Crippen molar-refractivity contribution in [3.8, 4) is 0 Å². The van der Waals surface area contributed by atoms with Crippen LogP contribution in [-0.4, -0.2) is 30.5 Å². The van der Waals surface area contributed by atoms with Gasteiger partial charge in [-0.15, -0.1) is 0 Å². The Morgan fingerprint density at radius 1 is 0.700 bits per heavy atom. The number of unbranched alkanes of at least 4 members (excludes halogenated alkanes) is 6. The van der Waals surface area contributed by atoms with E-state index in [0.717, 1.165) is 25.9 Å². The molecule has 0 N–H and O–H groups in total. The molecular weight excluding hydrogens is 256 g/mol. The molecular formula is C17H35F2N. The Hall–Kier alpha value is -0.180. The fraction of sp³-hybridized carbons (Fsp3) is 1.00. The summed E-state index contributed by atoms with van der Waals surface area (Å²) in [5.41, 5.74) is 0. The molecule has 0 radical (unpaired) electrons. The van der Waals surface area contributed by atoms with E-state index >= 15 is 0 Å². The average Bonchev–Trinajstić information content (AvgIpc) is 2.39. The standard InChI is InChI=1S/C17H35F2N/c1-4-7-9-11-14-20(15-12-10-8-5-2)16-17(18,19)13-6-3/h4-16H2,1-3H3. The van der Waals surface area contributed by atoms with Crippen molar-refractivity contribution in [2.75, 3.05) is 19.6 Å². The van der Waals surface area contributed by atoms with Crippen molar-refractivity contribution < 1.29 is 8.78 Å². The molecule has 1 nitrogen and oxygen atoms in total. The fourth-order valence-electron chi connectivity index (χ4n) is 2.57. The van der Waals surface area contributed by atoms with Crippen molar-refractivity contribution in [3.63, 3.8) is 0 Å². The molecule has 0 aromatic heterocycles. The van der Waals surface area contributed by atoms with E-state index in [1.165, 1.54) is 38.5 Å². The summed E-state index contributed by atoms with van der Waals surface area (Å²) in [4.78, 5) is 2.00. The normalized spacial score (nSPS) is 12.3. The van der Waals surface area contributed by atoms with Gasteiger partial charge in [-0.05, 0) is 25.9 Å². The van der Waals surface area contributed by atoms with E-state index in [0.29, 0.717) is 6.42 Å². The summed E-state index contributed by atoms with van der Waals surface area (Å²) in [6, 6.07) is 0. The van der Waals surface area contributed by atoms with E-state index in [1.807, 2.05) is 11.8 Å². The second kappa shape index (κ2) is 12.6. The Morgan fingerprint density at radius 3 is 1.60 bits per heavy atom. The van der Waals surface area contributed by atoms with Crippen molar-refractivity contribution in [2.24, 2.45) is 0 Å². The lowest BCUT2D eigenvalue weighted by Crippen LogP contribution is -2.38. The third kappa shape index (κ3) is 11.6. The zero-order chi connectivity index (χ0) is 15.3. The number of hydrogen-bond acceptors (Lipinski definition) is 1. The highest BCUT2D eigenvalue weighted by atomic mass is 19.3. The summed E-state index contributed by atoms with van der Waals surface area (Å²) < 4.78 is 27.6. The predicted octanol–water partition coefficient (Wildman–Crippen LogP) is 5.88. The van der Waals surface area contributed by atoms with E-state index in [9.17, 15) is 8.78 Å². The van der Waals surface area contributed by atoms with Crippen LogP contribution in [0.15, 0.2) is 0 Å². The van der Waals surface area contributed by atoms with E-state index in [2.05, 4.69) is 13.8 Å². The van der Waals surface area contributed by atoms with Gasteiger partial charge in [-0.2, -0.15) is 0 Å². The Kier molecular flexibility index (Phi) is 12.4. The first kappa shape index (κ1) is 19.8. The molecule has 0 unspecified atom stereocenters. The molecule has 0 aromatic rings. The molecule has 0 fully saturated rings. The maximum Gasteiger partial charge on any atom is 0.260 e. The molecule has 0 saturated carbocycles. The largest absolute Gasteiger partial charge is 0.297 e. The van der Waals surface area contributed by atoms with Crippen LogP contribution in [0.2, 0.25) is 0 Å². The van der Waals surface area contributed by atoms with Crippen LogP contribution in [0.4, 0.5) is 8.78 Å². The van der Waals surface area contributed by atoms with Gasteiger partial charge in [-0.25, -0.2) is 8.78 Å². The van der Waals surface area contributed by atoms with E-state index in [1.54, 1.807) is 0 Å². The van der Waals surface area contributed by atoms with Crippen molar-refractivity contribution in [1.29, 1.82) is 0 Å². The Bertz CT molecular complexity index is 195. The second-order valence-electron chi connectivity index (χ2n) is 6.00. The molecule has 122 valence electrons. The van der Waals surface area contributed by atoms with Gasteiger partial charge in [0.15, 0.2) is 0 Å². The minimum Gasteiger partial charge on any atom is -0.297 e. The van der Waals surface area contributed by atoms with Gasteiger partial charge >= 0.3 is 0 Å². The lowest BCUT2D eigenvalue weighted by atomic mass is 10.1. The van der Waals surface area contributed by atoms with Crippen LogP contribution in [0.5, 0.6) is 0 Å². The molecule has 0 saturated heterocycles. The topological polar surface area (TPSA) is 3.24 Å². The smallest absolute Gasteiger partial charge is 0.260 e. The highest BCUT2D eigenvalue weighted by Crippen LogP contribution is 2.22.